The predicted octanol–water partition coefficient (Wildman–Crippen LogP) is 3.90. The molecule has 0 radical (unpaired) electrons. The number of nitrogens with one attached hydrogen (secondary N) is 1. The van der Waals surface area contributed by atoms with E-state index >= 15 is 0 Å². The van der Waals surface area contributed by atoms with Crippen LogP contribution in [0.25, 0.3) is 0 Å². The van der Waals surface area contributed by atoms with Gasteiger partial charge in [0.2, 0.25) is 5.91 Å². The molecule has 3 heteroatoms. The summed E-state index contributed by atoms with van der Waals surface area (Å²) in [6.45, 7) is 6.46. The van der Waals surface area contributed by atoms with Gasteiger partial charge in [-0.3, -0.25) is 9.59 Å². The number of carbonyl (C=O) groups is 2. The van der Waals surface area contributed by atoms with Gasteiger partial charge in [-0.1, -0.05) is 56.5 Å². The molecule has 1 aliphatic rings. The van der Waals surface area contributed by atoms with Crippen LogP contribution in [-0.4, -0.2) is 17.7 Å². The Morgan fingerprint density at radius 3 is 2.45 bits per heavy atom. The van der Waals surface area contributed by atoms with Crippen LogP contribution in [0.1, 0.15) is 61.9 Å². The van der Waals surface area contributed by atoms with Crippen molar-refractivity contribution < 1.29 is 9.59 Å². The first kappa shape index (κ1) is 16.7. The van der Waals surface area contributed by atoms with Crippen LogP contribution in [-0.2, 0) is 4.79 Å². The normalized spacial score (nSPS) is 24.8. The Hall–Kier alpha value is -1.64. The highest BCUT2D eigenvalue weighted by atomic mass is 16.2. The zero-order valence-electron chi connectivity index (χ0n) is 13.9. The lowest BCUT2D eigenvalue weighted by atomic mass is 9.78. The Balaban J connectivity index is 1.80. The molecule has 22 heavy (non-hydrogen) atoms. The van der Waals surface area contributed by atoms with Crippen molar-refractivity contribution in [1.82, 2.24) is 5.32 Å². The lowest BCUT2D eigenvalue weighted by Crippen LogP contribution is -2.43. The van der Waals surface area contributed by atoms with Gasteiger partial charge < -0.3 is 5.32 Å². The van der Waals surface area contributed by atoms with E-state index in [9.17, 15) is 9.59 Å². The summed E-state index contributed by atoms with van der Waals surface area (Å²) in [5, 5.41) is 3.12. The molecule has 0 bridgehead atoms. The van der Waals surface area contributed by atoms with Crippen molar-refractivity contribution in [2.75, 3.05) is 0 Å². The van der Waals surface area contributed by atoms with Crippen LogP contribution >= 0.6 is 0 Å². The molecule has 1 aromatic rings. The molecule has 2 rings (SSSR count). The van der Waals surface area contributed by atoms with E-state index in [0.29, 0.717) is 17.4 Å². The Bertz CT molecular complexity index is 521. The summed E-state index contributed by atoms with van der Waals surface area (Å²) < 4.78 is 0. The predicted molar refractivity (Wildman–Crippen MR) is 88.9 cm³/mol. The lowest BCUT2D eigenvalue weighted by molar-refractivity contribution is -0.122. The van der Waals surface area contributed by atoms with Gasteiger partial charge in [0.15, 0.2) is 5.78 Å². The SMILES string of the molecule is Cc1ccc(C(=O)CCC(=O)N[C@H]2CCC[C@H](C)[C@@H]2C)cc1. The van der Waals surface area contributed by atoms with Gasteiger partial charge in [-0.15, -0.1) is 0 Å². The molecule has 1 aliphatic carbocycles. The Kier molecular flexibility index (Phi) is 5.76. The Morgan fingerprint density at radius 1 is 1.09 bits per heavy atom. The maximum absolute atomic E-state index is 12.1. The molecule has 3 atom stereocenters. The maximum atomic E-state index is 12.1. The molecule has 120 valence electrons. The number of hydrogen-bond acceptors (Lipinski definition) is 2. The standard InChI is InChI=1S/C19H27NO2/c1-13-7-9-16(10-8-13)18(21)11-12-19(22)20-17-6-4-5-14(2)15(17)3/h7-10,14-15,17H,4-6,11-12H2,1-3H3,(H,20,22)/t14-,15-,17-/m0/s1. The number of benzene rings is 1. The monoisotopic (exact) mass is 301 g/mol. The molecular weight excluding hydrogens is 274 g/mol. The van der Waals surface area contributed by atoms with Crippen LogP contribution in [0.5, 0.6) is 0 Å². The maximum Gasteiger partial charge on any atom is 0.220 e. The first-order chi connectivity index (χ1) is 10.5. The second kappa shape index (κ2) is 7.57. The van der Waals surface area contributed by atoms with Crippen molar-refractivity contribution >= 4 is 11.7 Å². The average molecular weight is 301 g/mol. The van der Waals surface area contributed by atoms with Crippen molar-refractivity contribution in [3.8, 4) is 0 Å². The molecule has 1 fully saturated rings. The fraction of sp³-hybridized carbons (Fsp3) is 0.579. The van der Waals surface area contributed by atoms with E-state index in [2.05, 4.69) is 19.2 Å². The van der Waals surface area contributed by atoms with Crippen molar-refractivity contribution in [2.45, 2.75) is 58.9 Å². The van der Waals surface area contributed by atoms with E-state index in [1.165, 1.54) is 12.8 Å². The fourth-order valence-corrected chi connectivity index (χ4v) is 3.18. The Morgan fingerprint density at radius 2 is 1.77 bits per heavy atom. The molecule has 0 unspecified atom stereocenters. The minimum Gasteiger partial charge on any atom is -0.353 e. The lowest BCUT2D eigenvalue weighted by Gasteiger charge is -2.34. The van der Waals surface area contributed by atoms with Gasteiger partial charge in [0.05, 0.1) is 0 Å². The second-order valence-electron chi connectivity index (χ2n) is 6.73. The third-order valence-electron chi connectivity index (χ3n) is 5.01. The van der Waals surface area contributed by atoms with Gasteiger partial charge in [0.25, 0.3) is 0 Å². The number of carbonyl (C=O) groups excluding carboxylic acids is 2. The number of aryl methyl sites for hydroxylation is 1. The summed E-state index contributed by atoms with van der Waals surface area (Å²) in [4.78, 5) is 24.2. The summed E-state index contributed by atoms with van der Waals surface area (Å²) in [5.74, 6) is 1.23. The summed E-state index contributed by atoms with van der Waals surface area (Å²) in [6, 6.07) is 7.79. The Labute approximate surface area is 133 Å². The molecule has 1 aromatic carbocycles. The molecule has 0 spiro atoms. The molecule has 0 aromatic heterocycles. The zero-order valence-corrected chi connectivity index (χ0v) is 13.9. The third-order valence-corrected chi connectivity index (χ3v) is 5.01. The largest absolute Gasteiger partial charge is 0.353 e. The first-order valence-corrected chi connectivity index (χ1v) is 8.36. The van der Waals surface area contributed by atoms with Crippen LogP contribution < -0.4 is 5.32 Å². The van der Waals surface area contributed by atoms with Gasteiger partial charge in [-0.25, -0.2) is 0 Å². The van der Waals surface area contributed by atoms with E-state index < -0.39 is 0 Å². The van der Waals surface area contributed by atoms with E-state index in [1.807, 2.05) is 31.2 Å². The fourth-order valence-electron chi connectivity index (χ4n) is 3.18. The first-order valence-electron chi connectivity index (χ1n) is 8.36. The summed E-state index contributed by atoms with van der Waals surface area (Å²) in [7, 11) is 0. The highest BCUT2D eigenvalue weighted by Gasteiger charge is 2.28. The number of rotatable bonds is 5. The van der Waals surface area contributed by atoms with E-state index in [4.69, 9.17) is 0 Å². The molecule has 1 N–H and O–H groups in total. The number of amides is 1. The van der Waals surface area contributed by atoms with Gasteiger partial charge in [0.1, 0.15) is 0 Å². The van der Waals surface area contributed by atoms with Crippen molar-refractivity contribution in [2.24, 2.45) is 11.8 Å². The topological polar surface area (TPSA) is 46.2 Å². The van der Waals surface area contributed by atoms with Crippen molar-refractivity contribution in [1.29, 1.82) is 0 Å². The average Bonchev–Trinajstić information content (AvgIpc) is 2.50. The molecule has 1 amide bonds. The molecule has 0 aliphatic heterocycles. The van der Waals surface area contributed by atoms with E-state index in [-0.39, 0.29) is 30.6 Å². The van der Waals surface area contributed by atoms with Crippen LogP contribution in [0.2, 0.25) is 0 Å². The van der Waals surface area contributed by atoms with Crippen molar-refractivity contribution in [3.05, 3.63) is 35.4 Å². The smallest absolute Gasteiger partial charge is 0.220 e. The van der Waals surface area contributed by atoms with Crippen LogP contribution in [0.4, 0.5) is 0 Å². The number of Topliss-reactive ketones (excluding diaryl/α,β-unsaturated/α-hetero) is 1. The van der Waals surface area contributed by atoms with Gasteiger partial charge in [-0.2, -0.15) is 0 Å². The van der Waals surface area contributed by atoms with Crippen LogP contribution in [0.3, 0.4) is 0 Å². The molecular formula is C19H27NO2. The van der Waals surface area contributed by atoms with Crippen molar-refractivity contribution in [3.63, 3.8) is 0 Å². The molecule has 0 heterocycles. The number of ketones is 1. The highest BCUT2D eigenvalue weighted by Crippen LogP contribution is 2.29. The third kappa shape index (κ3) is 4.43. The summed E-state index contributed by atoms with van der Waals surface area (Å²) in [5.41, 5.74) is 1.83. The molecule has 1 saturated carbocycles. The van der Waals surface area contributed by atoms with Crippen LogP contribution in [0, 0.1) is 18.8 Å². The van der Waals surface area contributed by atoms with Gasteiger partial charge in [-0.05, 0) is 25.2 Å². The van der Waals surface area contributed by atoms with Gasteiger partial charge >= 0.3 is 0 Å². The van der Waals surface area contributed by atoms with Gasteiger partial charge in [0, 0.05) is 24.4 Å². The molecule has 0 saturated heterocycles. The minimum atomic E-state index is 0.00594. The van der Waals surface area contributed by atoms with Crippen LogP contribution in [0.15, 0.2) is 24.3 Å². The van der Waals surface area contributed by atoms with E-state index in [0.717, 1.165) is 12.0 Å². The second-order valence-corrected chi connectivity index (χ2v) is 6.73. The summed E-state index contributed by atoms with van der Waals surface area (Å²) in [6.07, 6.45) is 4.05. The van der Waals surface area contributed by atoms with E-state index in [1.54, 1.807) is 0 Å². The molecule has 3 nitrogen and oxygen atoms in total. The quantitative estimate of drug-likeness (QED) is 0.838. The minimum absolute atomic E-state index is 0.00594. The number of hydrogen-bond donors (Lipinski definition) is 1. The summed E-state index contributed by atoms with van der Waals surface area (Å²) >= 11 is 0. The highest BCUT2D eigenvalue weighted by molar-refractivity contribution is 5.97. The zero-order chi connectivity index (χ0) is 16.1.